The van der Waals surface area contributed by atoms with Crippen molar-refractivity contribution >= 4 is 0 Å². The molecule has 17 heavy (non-hydrogen) atoms. The monoisotopic (exact) mass is 236 g/mol. The fraction of sp³-hybridized carbons (Fsp3) is 0.571. The molecule has 1 rings (SSSR count). The van der Waals surface area contributed by atoms with Crippen LogP contribution < -0.4 is 15.4 Å². The summed E-state index contributed by atoms with van der Waals surface area (Å²) in [7, 11) is 3.71. The molecule has 0 aliphatic heterocycles. The Morgan fingerprint density at radius 3 is 2.29 bits per heavy atom. The molecular formula is C14H24N2O. The van der Waals surface area contributed by atoms with Gasteiger partial charge in [-0.25, -0.2) is 0 Å². The van der Waals surface area contributed by atoms with Gasteiger partial charge in [-0.1, -0.05) is 12.1 Å². The standard InChI is InChI=1S/C14H24N2O/c1-11-8-13(9-12(2)14(11)17-4)10-16-7-5-6-15-3/h8-9,15-16H,5-7,10H2,1-4H3. The maximum absolute atomic E-state index is 5.36. The quantitative estimate of drug-likeness (QED) is 0.711. The van der Waals surface area contributed by atoms with Gasteiger partial charge in [0.25, 0.3) is 0 Å². The van der Waals surface area contributed by atoms with E-state index in [9.17, 15) is 0 Å². The number of nitrogens with one attached hydrogen (secondary N) is 2. The predicted octanol–water partition coefficient (Wildman–Crippen LogP) is 2.01. The van der Waals surface area contributed by atoms with Crippen LogP contribution in [0.2, 0.25) is 0 Å². The largest absolute Gasteiger partial charge is 0.496 e. The van der Waals surface area contributed by atoms with Crippen LogP contribution in [-0.2, 0) is 6.54 Å². The van der Waals surface area contributed by atoms with Gasteiger partial charge in [-0.05, 0) is 57.1 Å². The molecule has 0 aliphatic rings. The topological polar surface area (TPSA) is 33.3 Å². The number of hydrogen-bond donors (Lipinski definition) is 2. The maximum Gasteiger partial charge on any atom is 0.124 e. The van der Waals surface area contributed by atoms with Crippen molar-refractivity contribution in [1.29, 1.82) is 0 Å². The number of rotatable bonds is 7. The summed E-state index contributed by atoms with van der Waals surface area (Å²) in [5.41, 5.74) is 3.74. The molecule has 0 aliphatic carbocycles. The average Bonchev–Trinajstić information content (AvgIpc) is 2.28. The third-order valence-corrected chi connectivity index (χ3v) is 2.83. The molecule has 0 radical (unpaired) electrons. The van der Waals surface area contributed by atoms with Gasteiger partial charge < -0.3 is 15.4 Å². The molecule has 0 heterocycles. The molecule has 3 nitrogen and oxygen atoms in total. The summed E-state index contributed by atoms with van der Waals surface area (Å²) >= 11 is 0. The third-order valence-electron chi connectivity index (χ3n) is 2.83. The first-order valence-electron chi connectivity index (χ1n) is 6.18. The molecule has 3 heteroatoms. The Balaban J connectivity index is 2.49. The minimum atomic E-state index is 0.926. The van der Waals surface area contributed by atoms with Gasteiger partial charge in [-0.2, -0.15) is 0 Å². The molecule has 1 aromatic carbocycles. The van der Waals surface area contributed by atoms with E-state index in [0.29, 0.717) is 0 Å². The van der Waals surface area contributed by atoms with Gasteiger partial charge in [0.15, 0.2) is 0 Å². The second-order valence-electron chi connectivity index (χ2n) is 4.40. The Labute approximate surface area is 105 Å². The van der Waals surface area contributed by atoms with E-state index < -0.39 is 0 Å². The first kappa shape index (κ1) is 14.0. The van der Waals surface area contributed by atoms with E-state index in [2.05, 4.69) is 36.6 Å². The molecule has 0 amide bonds. The predicted molar refractivity (Wildman–Crippen MR) is 72.7 cm³/mol. The van der Waals surface area contributed by atoms with Crippen molar-refractivity contribution in [3.05, 3.63) is 28.8 Å². The molecule has 96 valence electrons. The van der Waals surface area contributed by atoms with Crippen LogP contribution in [0.15, 0.2) is 12.1 Å². The lowest BCUT2D eigenvalue weighted by atomic mass is 10.1. The fourth-order valence-corrected chi connectivity index (χ4v) is 2.09. The molecule has 2 N–H and O–H groups in total. The van der Waals surface area contributed by atoms with E-state index in [-0.39, 0.29) is 0 Å². The van der Waals surface area contributed by atoms with Crippen LogP contribution in [0.25, 0.3) is 0 Å². The van der Waals surface area contributed by atoms with Crippen molar-refractivity contribution < 1.29 is 4.74 Å². The molecule has 0 spiro atoms. The van der Waals surface area contributed by atoms with Crippen molar-refractivity contribution in [3.8, 4) is 5.75 Å². The summed E-state index contributed by atoms with van der Waals surface area (Å²) < 4.78 is 5.36. The van der Waals surface area contributed by atoms with Gasteiger partial charge in [0.05, 0.1) is 7.11 Å². The van der Waals surface area contributed by atoms with E-state index in [0.717, 1.165) is 31.8 Å². The van der Waals surface area contributed by atoms with Crippen LogP contribution in [0.5, 0.6) is 5.75 Å². The zero-order valence-electron chi connectivity index (χ0n) is 11.4. The van der Waals surface area contributed by atoms with E-state index in [1.807, 2.05) is 7.05 Å². The molecular weight excluding hydrogens is 212 g/mol. The first-order valence-corrected chi connectivity index (χ1v) is 6.18. The summed E-state index contributed by atoms with van der Waals surface area (Å²) in [6.07, 6.45) is 1.16. The van der Waals surface area contributed by atoms with Gasteiger partial charge in [-0.15, -0.1) is 0 Å². The molecule has 0 fully saturated rings. The number of methoxy groups -OCH3 is 1. The summed E-state index contributed by atoms with van der Waals surface area (Å²) in [6, 6.07) is 4.38. The van der Waals surface area contributed by atoms with Crippen molar-refractivity contribution in [1.82, 2.24) is 10.6 Å². The van der Waals surface area contributed by atoms with E-state index in [1.54, 1.807) is 7.11 Å². The zero-order chi connectivity index (χ0) is 12.7. The van der Waals surface area contributed by atoms with E-state index in [1.165, 1.54) is 16.7 Å². The molecule has 1 aromatic rings. The van der Waals surface area contributed by atoms with Crippen molar-refractivity contribution in [2.75, 3.05) is 27.2 Å². The Bertz CT molecular complexity index is 327. The smallest absolute Gasteiger partial charge is 0.124 e. The molecule has 0 unspecified atom stereocenters. The minimum Gasteiger partial charge on any atom is -0.496 e. The minimum absolute atomic E-state index is 0.926. The number of aryl methyl sites for hydroxylation is 2. The lowest BCUT2D eigenvalue weighted by Gasteiger charge is -2.12. The summed E-state index contributed by atoms with van der Waals surface area (Å²) in [5.74, 6) is 1.00. The fourth-order valence-electron chi connectivity index (χ4n) is 2.09. The highest BCUT2D eigenvalue weighted by molar-refractivity contribution is 5.43. The van der Waals surface area contributed by atoms with Gasteiger partial charge in [0, 0.05) is 6.54 Å². The number of ether oxygens (including phenoxy) is 1. The highest BCUT2D eigenvalue weighted by Crippen LogP contribution is 2.24. The van der Waals surface area contributed by atoms with Gasteiger partial charge in [0.1, 0.15) is 5.75 Å². The highest BCUT2D eigenvalue weighted by atomic mass is 16.5. The van der Waals surface area contributed by atoms with E-state index >= 15 is 0 Å². The van der Waals surface area contributed by atoms with Crippen LogP contribution in [-0.4, -0.2) is 27.2 Å². The van der Waals surface area contributed by atoms with Crippen LogP contribution in [0, 0.1) is 13.8 Å². The molecule has 0 saturated heterocycles. The molecule has 0 bridgehead atoms. The lowest BCUT2D eigenvalue weighted by molar-refractivity contribution is 0.408. The first-order chi connectivity index (χ1) is 8.19. The maximum atomic E-state index is 5.36. The Kier molecular flexibility index (Phi) is 6.01. The normalized spacial score (nSPS) is 10.6. The van der Waals surface area contributed by atoms with Crippen LogP contribution >= 0.6 is 0 Å². The van der Waals surface area contributed by atoms with Crippen LogP contribution in [0.1, 0.15) is 23.1 Å². The average molecular weight is 236 g/mol. The van der Waals surface area contributed by atoms with E-state index in [4.69, 9.17) is 4.74 Å². The van der Waals surface area contributed by atoms with Crippen LogP contribution in [0.4, 0.5) is 0 Å². The summed E-state index contributed by atoms with van der Waals surface area (Å²) in [6.45, 7) is 7.22. The van der Waals surface area contributed by atoms with Crippen molar-refractivity contribution in [3.63, 3.8) is 0 Å². The number of benzene rings is 1. The second-order valence-corrected chi connectivity index (χ2v) is 4.40. The summed E-state index contributed by atoms with van der Waals surface area (Å²) in [4.78, 5) is 0. The van der Waals surface area contributed by atoms with Gasteiger partial charge in [-0.3, -0.25) is 0 Å². The van der Waals surface area contributed by atoms with Crippen LogP contribution in [0.3, 0.4) is 0 Å². The second kappa shape index (κ2) is 7.30. The lowest BCUT2D eigenvalue weighted by Crippen LogP contribution is -2.19. The molecule has 0 aromatic heterocycles. The Hall–Kier alpha value is -1.06. The Morgan fingerprint density at radius 2 is 1.76 bits per heavy atom. The number of hydrogen-bond acceptors (Lipinski definition) is 3. The molecule has 0 saturated carbocycles. The zero-order valence-corrected chi connectivity index (χ0v) is 11.4. The van der Waals surface area contributed by atoms with Crippen molar-refractivity contribution in [2.24, 2.45) is 0 Å². The summed E-state index contributed by atoms with van der Waals surface area (Å²) in [5, 5.41) is 6.59. The van der Waals surface area contributed by atoms with Gasteiger partial charge >= 0.3 is 0 Å². The highest BCUT2D eigenvalue weighted by Gasteiger charge is 2.04. The molecule has 0 atom stereocenters. The third kappa shape index (κ3) is 4.36. The van der Waals surface area contributed by atoms with Crippen molar-refractivity contribution in [2.45, 2.75) is 26.8 Å². The van der Waals surface area contributed by atoms with Gasteiger partial charge in [0.2, 0.25) is 0 Å². The SMILES string of the molecule is CNCCCNCc1cc(C)c(OC)c(C)c1. The Morgan fingerprint density at radius 1 is 1.12 bits per heavy atom.